The van der Waals surface area contributed by atoms with Gasteiger partial charge in [0, 0.05) is 10.7 Å². The number of nitrogens with one attached hydrogen (secondary N) is 2. The van der Waals surface area contributed by atoms with Crippen LogP contribution in [0.25, 0.3) is 6.08 Å². The molecule has 194 valence electrons. The Morgan fingerprint density at radius 1 is 1.05 bits per heavy atom. The summed E-state index contributed by atoms with van der Waals surface area (Å²) < 4.78 is 6.67. The lowest BCUT2D eigenvalue weighted by Crippen LogP contribution is -2.54. The monoisotopic (exact) mass is 659 g/mol. The van der Waals surface area contributed by atoms with Crippen LogP contribution in [-0.2, 0) is 14.4 Å². The van der Waals surface area contributed by atoms with E-state index < -0.39 is 17.8 Å². The molecule has 0 aliphatic carbocycles. The first-order valence-electron chi connectivity index (χ1n) is 11.2. The van der Waals surface area contributed by atoms with Crippen LogP contribution in [0.15, 0.2) is 69.1 Å². The molecule has 4 rings (SSSR count). The Kier molecular flexibility index (Phi) is 8.35. The maximum Gasteiger partial charge on any atom is 0.335 e. The first-order valence-corrected chi connectivity index (χ1v) is 13.2. The average Bonchev–Trinajstić information content (AvgIpc) is 2.83. The molecule has 0 spiro atoms. The lowest BCUT2D eigenvalue weighted by Gasteiger charge is -2.26. The van der Waals surface area contributed by atoms with Crippen LogP contribution in [0.1, 0.15) is 16.7 Å². The Morgan fingerprint density at radius 3 is 2.42 bits per heavy atom. The van der Waals surface area contributed by atoms with Gasteiger partial charge in [0.05, 0.1) is 14.6 Å². The summed E-state index contributed by atoms with van der Waals surface area (Å²) in [4.78, 5) is 51.3. The van der Waals surface area contributed by atoms with Gasteiger partial charge in [0.1, 0.15) is 11.3 Å². The Morgan fingerprint density at radius 2 is 1.76 bits per heavy atom. The van der Waals surface area contributed by atoms with Crippen molar-refractivity contribution in [3.8, 4) is 5.75 Å². The molecule has 5 amide bonds. The first kappa shape index (κ1) is 27.6. The zero-order valence-electron chi connectivity index (χ0n) is 20.1. The molecular formula is C27H20Br2ClN3O5. The Hall–Kier alpha value is -3.47. The van der Waals surface area contributed by atoms with Crippen LogP contribution in [0.4, 0.5) is 16.2 Å². The Balaban J connectivity index is 1.52. The van der Waals surface area contributed by atoms with E-state index in [-0.39, 0.29) is 23.8 Å². The molecule has 1 fully saturated rings. The van der Waals surface area contributed by atoms with Gasteiger partial charge in [-0.3, -0.25) is 19.7 Å². The molecule has 1 heterocycles. The minimum absolute atomic E-state index is 0.226. The van der Waals surface area contributed by atoms with Gasteiger partial charge in [-0.2, -0.15) is 0 Å². The Bertz CT molecular complexity index is 1500. The second-order valence-corrected chi connectivity index (χ2v) is 10.6. The molecule has 8 nitrogen and oxygen atoms in total. The lowest BCUT2D eigenvalue weighted by atomic mass is 10.1. The molecule has 0 bridgehead atoms. The fourth-order valence-electron chi connectivity index (χ4n) is 3.75. The van der Waals surface area contributed by atoms with E-state index in [9.17, 15) is 19.2 Å². The zero-order chi connectivity index (χ0) is 27.6. The highest BCUT2D eigenvalue weighted by molar-refractivity contribution is 9.11. The number of anilines is 2. The number of urea groups is 1. The van der Waals surface area contributed by atoms with E-state index in [1.165, 1.54) is 18.2 Å². The van der Waals surface area contributed by atoms with Crippen molar-refractivity contribution in [1.82, 2.24) is 5.32 Å². The third-order valence-corrected chi connectivity index (χ3v) is 6.92. The van der Waals surface area contributed by atoms with E-state index in [1.54, 1.807) is 24.3 Å². The molecule has 0 unspecified atom stereocenters. The van der Waals surface area contributed by atoms with Gasteiger partial charge in [-0.25, -0.2) is 9.69 Å². The number of carbonyl (C=O) groups excluding carboxylic acids is 4. The highest BCUT2D eigenvalue weighted by Crippen LogP contribution is 2.36. The van der Waals surface area contributed by atoms with E-state index >= 15 is 0 Å². The van der Waals surface area contributed by atoms with Gasteiger partial charge in [0.2, 0.25) is 0 Å². The van der Waals surface area contributed by atoms with Gasteiger partial charge in [-0.1, -0.05) is 35.4 Å². The topological polar surface area (TPSA) is 105 Å². The van der Waals surface area contributed by atoms with Crippen molar-refractivity contribution >= 4 is 84.7 Å². The molecule has 11 heteroatoms. The van der Waals surface area contributed by atoms with Crippen LogP contribution in [0.3, 0.4) is 0 Å². The number of barbiturate groups is 1. The molecule has 1 saturated heterocycles. The number of imide groups is 2. The smallest absolute Gasteiger partial charge is 0.335 e. The number of benzene rings is 3. The number of hydrogen-bond donors (Lipinski definition) is 2. The molecule has 2 N–H and O–H groups in total. The summed E-state index contributed by atoms with van der Waals surface area (Å²) >= 11 is 12.8. The molecule has 1 aliphatic rings. The van der Waals surface area contributed by atoms with Crippen molar-refractivity contribution in [3.63, 3.8) is 0 Å². The van der Waals surface area contributed by atoms with Crippen molar-refractivity contribution in [1.29, 1.82) is 0 Å². The van der Waals surface area contributed by atoms with Crippen molar-refractivity contribution in [2.75, 3.05) is 16.8 Å². The summed E-state index contributed by atoms with van der Waals surface area (Å²) in [6, 6.07) is 14.3. The summed E-state index contributed by atoms with van der Waals surface area (Å²) in [6.45, 7) is 3.63. The number of amides is 5. The summed E-state index contributed by atoms with van der Waals surface area (Å²) in [7, 11) is 0. The summed E-state index contributed by atoms with van der Waals surface area (Å²) in [5.74, 6) is -1.60. The summed E-state index contributed by atoms with van der Waals surface area (Å²) in [6.07, 6.45) is 1.35. The number of ether oxygens (including phenoxy) is 1. The van der Waals surface area contributed by atoms with Crippen molar-refractivity contribution in [2.45, 2.75) is 13.8 Å². The maximum absolute atomic E-state index is 13.1. The number of hydrogen-bond acceptors (Lipinski definition) is 5. The number of aryl methyl sites for hydroxylation is 2. The van der Waals surface area contributed by atoms with Gasteiger partial charge >= 0.3 is 6.03 Å². The number of halogens is 3. The van der Waals surface area contributed by atoms with Gasteiger partial charge in [-0.05, 0) is 99.3 Å². The van der Waals surface area contributed by atoms with Crippen molar-refractivity contribution in [2.24, 2.45) is 0 Å². The normalized spacial score (nSPS) is 14.5. The predicted octanol–water partition coefficient (Wildman–Crippen LogP) is 6.17. The fraction of sp³-hybridized carbons (Fsp3) is 0.111. The molecule has 3 aromatic rings. The second kappa shape index (κ2) is 11.5. The van der Waals surface area contributed by atoms with Crippen molar-refractivity contribution in [3.05, 3.63) is 90.8 Å². The molecule has 0 radical (unpaired) electrons. The van der Waals surface area contributed by atoms with Crippen LogP contribution in [-0.4, -0.2) is 30.4 Å². The van der Waals surface area contributed by atoms with E-state index in [4.69, 9.17) is 16.3 Å². The minimum Gasteiger partial charge on any atom is -0.481 e. The van der Waals surface area contributed by atoms with E-state index in [2.05, 4.69) is 42.5 Å². The van der Waals surface area contributed by atoms with Gasteiger partial charge in [0.15, 0.2) is 6.61 Å². The number of rotatable bonds is 6. The third kappa shape index (κ3) is 6.15. The zero-order valence-corrected chi connectivity index (χ0v) is 24.0. The largest absolute Gasteiger partial charge is 0.481 e. The molecule has 1 aliphatic heterocycles. The summed E-state index contributed by atoms with van der Waals surface area (Å²) in [5.41, 5.74) is 3.18. The van der Waals surface area contributed by atoms with E-state index in [1.807, 2.05) is 32.0 Å². The van der Waals surface area contributed by atoms with Crippen LogP contribution in [0, 0.1) is 13.8 Å². The summed E-state index contributed by atoms with van der Waals surface area (Å²) in [5, 5.41) is 5.32. The second-order valence-electron chi connectivity index (χ2n) is 8.41. The molecule has 0 atom stereocenters. The van der Waals surface area contributed by atoms with E-state index in [0.29, 0.717) is 31.0 Å². The number of carbonyl (C=O) groups is 4. The highest BCUT2D eigenvalue weighted by atomic mass is 79.9. The standard InChI is InChI=1S/C27H20Br2ClN3O5/c1-14-6-7-22(15(2)8-14)31-23(34)13-38-24-20(28)10-16(11-21(24)29)9-19-25(35)32-27(37)33(26(19)36)18-5-3-4-17(30)12-18/h3-12H,13H2,1-2H3,(H,31,34)(H,32,35,37)/b19-9+. The van der Waals surface area contributed by atoms with Crippen LogP contribution in [0.2, 0.25) is 5.02 Å². The molecule has 3 aromatic carbocycles. The van der Waals surface area contributed by atoms with Crippen LogP contribution < -0.4 is 20.3 Å². The average molecular weight is 662 g/mol. The molecule has 0 aromatic heterocycles. The van der Waals surface area contributed by atoms with Gasteiger partial charge < -0.3 is 10.1 Å². The first-order chi connectivity index (χ1) is 18.0. The minimum atomic E-state index is -0.871. The fourth-order valence-corrected chi connectivity index (χ4v) is 5.39. The molecule has 0 saturated carbocycles. The van der Waals surface area contributed by atoms with Crippen molar-refractivity contribution < 1.29 is 23.9 Å². The quantitative estimate of drug-likeness (QED) is 0.243. The van der Waals surface area contributed by atoms with Crippen LogP contribution in [0.5, 0.6) is 5.75 Å². The molecular weight excluding hydrogens is 642 g/mol. The van der Waals surface area contributed by atoms with E-state index in [0.717, 1.165) is 16.0 Å². The maximum atomic E-state index is 13.1. The van der Waals surface area contributed by atoms with Gasteiger partial charge in [0.25, 0.3) is 17.7 Å². The SMILES string of the molecule is Cc1ccc(NC(=O)COc2c(Br)cc(/C=C3\C(=O)NC(=O)N(c4cccc(Cl)c4)C3=O)cc2Br)c(C)c1. The Labute approximate surface area is 240 Å². The highest BCUT2D eigenvalue weighted by Gasteiger charge is 2.37. The lowest BCUT2D eigenvalue weighted by molar-refractivity contribution is -0.122. The number of nitrogens with zero attached hydrogens (tertiary/aromatic N) is 1. The van der Waals surface area contributed by atoms with Crippen LogP contribution >= 0.6 is 43.5 Å². The van der Waals surface area contributed by atoms with Gasteiger partial charge in [-0.15, -0.1) is 0 Å². The molecule has 38 heavy (non-hydrogen) atoms. The predicted molar refractivity (Wildman–Crippen MR) is 152 cm³/mol. The third-order valence-electron chi connectivity index (χ3n) is 5.50.